The van der Waals surface area contributed by atoms with Gasteiger partial charge in [-0.3, -0.25) is 4.68 Å². The first-order valence-electron chi connectivity index (χ1n) is 6.21. The molecule has 102 valence electrons. The molecule has 7 heteroatoms. The van der Waals surface area contributed by atoms with E-state index in [0.29, 0.717) is 11.6 Å². The van der Waals surface area contributed by atoms with Crippen LogP contribution in [0.5, 0.6) is 0 Å². The van der Waals surface area contributed by atoms with E-state index >= 15 is 0 Å². The number of aromatic nitrogens is 5. The van der Waals surface area contributed by atoms with E-state index in [4.69, 9.17) is 5.73 Å². The lowest BCUT2D eigenvalue weighted by Gasteiger charge is -2.08. The monoisotopic (exact) mass is 269 g/mol. The molecule has 3 aromatic heterocycles. The third kappa shape index (κ3) is 2.03. The van der Waals surface area contributed by atoms with Crippen molar-refractivity contribution in [1.29, 1.82) is 0 Å². The summed E-state index contributed by atoms with van der Waals surface area (Å²) >= 11 is 0. The zero-order valence-corrected chi connectivity index (χ0v) is 11.5. The second-order valence-corrected chi connectivity index (χ2v) is 4.68. The van der Waals surface area contributed by atoms with Gasteiger partial charge in [-0.1, -0.05) is 0 Å². The summed E-state index contributed by atoms with van der Waals surface area (Å²) in [7, 11) is 1.85. The highest BCUT2D eigenvalue weighted by Crippen LogP contribution is 2.25. The number of pyridine rings is 1. The molecule has 0 radical (unpaired) electrons. The SMILES string of the molecule is Cc1ccnc(Nc2nc(N)nc3c(C)nn(C)c23)c1. The van der Waals surface area contributed by atoms with Crippen molar-refractivity contribution in [3.8, 4) is 0 Å². The van der Waals surface area contributed by atoms with E-state index in [0.717, 1.165) is 22.3 Å². The lowest BCUT2D eigenvalue weighted by molar-refractivity contribution is 0.783. The number of nitrogens with two attached hydrogens (primary N) is 1. The van der Waals surface area contributed by atoms with Crippen LogP contribution in [0.2, 0.25) is 0 Å². The van der Waals surface area contributed by atoms with Crippen LogP contribution in [0.25, 0.3) is 11.0 Å². The lowest BCUT2D eigenvalue weighted by Crippen LogP contribution is -2.04. The van der Waals surface area contributed by atoms with E-state index in [1.165, 1.54) is 0 Å². The quantitative estimate of drug-likeness (QED) is 0.735. The molecule has 0 amide bonds. The van der Waals surface area contributed by atoms with Crippen molar-refractivity contribution < 1.29 is 0 Å². The number of anilines is 3. The van der Waals surface area contributed by atoms with E-state index in [2.05, 4.69) is 25.4 Å². The third-order valence-corrected chi connectivity index (χ3v) is 3.03. The van der Waals surface area contributed by atoms with Gasteiger partial charge in [0.2, 0.25) is 5.95 Å². The van der Waals surface area contributed by atoms with Gasteiger partial charge in [-0.15, -0.1) is 0 Å². The van der Waals surface area contributed by atoms with Crippen molar-refractivity contribution >= 4 is 28.6 Å². The molecule has 0 aliphatic rings. The molecule has 3 aromatic rings. The summed E-state index contributed by atoms with van der Waals surface area (Å²) in [5, 5.41) is 7.53. The summed E-state index contributed by atoms with van der Waals surface area (Å²) in [5.41, 5.74) is 9.25. The summed E-state index contributed by atoms with van der Waals surface area (Å²) in [6, 6.07) is 3.87. The van der Waals surface area contributed by atoms with Crippen molar-refractivity contribution in [2.24, 2.45) is 7.05 Å². The molecule has 0 spiro atoms. The summed E-state index contributed by atoms with van der Waals surface area (Å²) in [6.45, 7) is 3.90. The maximum absolute atomic E-state index is 5.77. The van der Waals surface area contributed by atoms with Gasteiger partial charge < -0.3 is 11.1 Å². The number of nitrogen functional groups attached to an aromatic ring is 1. The molecule has 3 heterocycles. The van der Waals surface area contributed by atoms with E-state index in [1.54, 1.807) is 10.9 Å². The minimum Gasteiger partial charge on any atom is -0.368 e. The second-order valence-electron chi connectivity index (χ2n) is 4.68. The highest BCUT2D eigenvalue weighted by Gasteiger charge is 2.14. The minimum absolute atomic E-state index is 0.212. The number of hydrogen-bond donors (Lipinski definition) is 2. The summed E-state index contributed by atoms with van der Waals surface area (Å²) < 4.78 is 1.74. The molecule has 3 rings (SSSR count). The van der Waals surface area contributed by atoms with Gasteiger partial charge in [0, 0.05) is 13.2 Å². The first-order chi connectivity index (χ1) is 9.54. The molecule has 0 saturated heterocycles. The molecule has 0 aromatic carbocycles. The Hall–Kier alpha value is -2.70. The van der Waals surface area contributed by atoms with E-state index < -0.39 is 0 Å². The highest BCUT2D eigenvalue weighted by molar-refractivity contribution is 5.89. The fraction of sp³-hybridized carbons (Fsp3) is 0.231. The number of nitrogens with one attached hydrogen (secondary N) is 1. The van der Waals surface area contributed by atoms with Crippen LogP contribution in [-0.4, -0.2) is 24.7 Å². The minimum atomic E-state index is 0.212. The maximum atomic E-state index is 5.77. The molecule has 20 heavy (non-hydrogen) atoms. The van der Waals surface area contributed by atoms with Gasteiger partial charge in [0.05, 0.1) is 5.69 Å². The fourth-order valence-electron chi connectivity index (χ4n) is 2.17. The van der Waals surface area contributed by atoms with E-state index in [9.17, 15) is 0 Å². The smallest absolute Gasteiger partial charge is 0.222 e. The van der Waals surface area contributed by atoms with Crippen molar-refractivity contribution in [1.82, 2.24) is 24.7 Å². The molecular formula is C13H15N7. The average Bonchev–Trinajstić information content (AvgIpc) is 2.64. The first kappa shape index (κ1) is 12.3. The van der Waals surface area contributed by atoms with Crippen LogP contribution in [0.15, 0.2) is 18.3 Å². The topological polar surface area (TPSA) is 94.5 Å². The Balaban J connectivity index is 2.16. The van der Waals surface area contributed by atoms with Gasteiger partial charge >= 0.3 is 0 Å². The Morgan fingerprint density at radius 2 is 2.05 bits per heavy atom. The predicted octanol–water partition coefficient (Wildman–Crippen LogP) is 1.70. The van der Waals surface area contributed by atoms with E-state index in [-0.39, 0.29) is 5.95 Å². The molecule has 0 fully saturated rings. The molecule has 0 aliphatic carbocycles. The first-order valence-corrected chi connectivity index (χ1v) is 6.21. The molecule has 0 unspecified atom stereocenters. The van der Waals surface area contributed by atoms with Gasteiger partial charge in [0.1, 0.15) is 16.9 Å². The van der Waals surface area contributed by atoms with Crippen molar-refractivity contribution in [2.45, 2.75) is 13.8 Å². The van der Waals surface area contributed by atoms with Crippen LogP contribution in [-0.2, 0) is 7.05 Å². The van der Waals surface area contributed by atoms with Crippen molar-refractivity contribution in [2.75, 3.05) is 11.1 Å². The molecule has 3 N–H and O–H groups in total. The number of nitrogens with zero attached hydrogens (tertiary/aromatic N) is 5. The Labute approximate surface area is 115 Å². The summed E-state index contributed by atoms with van der Waals surface area (Å²) in [4.78, 5) is 12.8. The number of rotatable bonds is 2. The lowest BCUT2D eigenvalue weighted by atomic mass is 10.3. The number of hydrogen-bond acceptors (Lipinski definition) is 6. The highest BCUT2D eigenvalue weighted by atomic mass is 15.3. The van der Waals surface area contributed by atoms with Crippen LogP contribution >= 0.6 is 0 Å². The number of aryl methyl sites for hydroxylation is 3. The van der Waals surface area contributed by atoms with E-state index in [1.807, 2.05) is 33.0 Å². The molecule has 7 nitrogen and oxygen atoms in total. The van der Waals surface area contributed by atoms with Gasteiger partial charge in [-0.2, -0.15) is 10.1 Å². The Kier molecular flexibility index (Phi) is 2.74. The zero-order chi connectivity index (χ0) is 14.3. The van der Waals surface area contributed by atoms with Crippen molar-refractivity contribution in [3.63, 3.8) is 0 Å². The number of fused-ring (bicyclic) bond motifs is 1. The molecule has 0 aliphatic heterocycles. The average molecular weight is 269 g/mol. The Bertz CT molecular complexity index is 791. The van der Waals surface area contributed by atoms with Gasteiger partial charge in [-0.05, 0) is 31.5 Å². The molecule has 0 atom stereocenters. The van der Waals surface area contributed by atoms with Crippen LogP contribution in [0, 0.1) is 13.8 Å². The van der Waals surface area contributed by atoms with Crippen LogP contribution < -0.4 is 11.1 Å². The largest absolute Gasteiger partial charge is 0.368 e. The maximum Gasteiger partial charge on any atom is 0.222 e. The van der Waals surface area contributed by atoms with Crippen LogP contribution in [0.1, 0.15) is 11.3 Å². The molecular weight excluding hydrogens is 254 g/mol. The normalized spacial score (nSPS) is 10.9. The standard InChI is InChI=1S/C13H15N7/c1-7-4-5-15-9(6-7)16-12-11-10(17-13(14)18-12)8(2)19-20(11)3/h4-6H,1-3H3,(H3,14,15,16,17,18). The van der Waals surface area contributed by atoms with Crippen LogP contribution in [0.4, 0.5) is 17.6 Å². The molecule has 0 saturated carbocycles. The second kappa shape index (κ2) is 4.44. The zero-order valence-electron chi connectivity index (χ0n) is 11.5. The third-order valence-electron chi connectivity index (χ3n) is 3.03. The summed E-state index contributed by atoms with van der Waals surface area (Å²) in [5.74, 6) is 1.53. The van der Waals surface area contributed by atoms with Gasteiger partial charge in [0.25, 0.3) is 0 Å². The van der Waals surface area contributed by atoms with Gasteiger partial charge in [-0.25, -0.2) is 9.97 Å². The van der Waals surface area contributed by atoms with Crippen molar-refractivity contribution in [3.05, 3.63) is 29.6 Å². The predicted molar refractivity (Wildman–Crippen MR) is 77.7 cm³/mol. The molecule has 0 bridgehead atoms. The Morgan fingerprint density at radius 1 is 1.25 bits per heavy atom. The van der Waals surface area contributed by atoms with Gasteiger partial charge in [0.15, 0.2) is 5.82 Å². The fourth-order valence-corrected chi connectivity index (χ4v) is 2.17. The van der Waals surface area contributed by atoms with Crippen LogP contribution in [0.3, 0.4) is 0 Å². The summed E-state index contributed by atoms with van der Waals surface area (Å²) in [6.07, 6.45) is 1.74. The Morgan fingerprint density at radius 3 is 2.80 bits per heavy atom.